The summed E-state index contributed by atoms with van der Waals surface area (Å²) in [4.78, 5) is 31.8. The van der Waals surface area contributed by atoms with Gasteiger partial charge in [-0.2, -0.15) is 13.2 Å². The number of aromatic nitrogens is 3. The van der Waals surface area contributed by atoms with Crippen LogP contribution in [0, 0.1) is 0 Å². The molecule has 10 heteroatoms. The lowest BCUT2D eigenvalue weighted by atomic mass is 10.1. The molecule has 0 aliphatic rings. The Bertz CT molecular complexity index is 1100. The Hall–Kier alpha value is -3.27. The van der Waals surface area contributed by atoms with Crippen molar-refractivity contribution < 1.29 is 32.2 Å². The number of nitrogens with zero attached hydrogens (tertiary/aromatic N) is 3. The van der Waals surface area contributed by atoms with Gasteiger partial charge in [-0.25, -0.2) is 14.3 Å². The fourth-order valence-corrected chi connectivity index (χ4v) is 2.80. The fraction of sp³-hybridized carbons (Fsp3) is 0.364. The van der Waals surface area contributed by atoms with Crippen LogP contribution in [0.25, 0.3) is 11.0 Å². The number of aldehydes is 1. The van der Waals surface area contributed by atoms with Crippen molar-refractivity contribution in [3.8, 4) is 0 Å². The van der Waals surface area contributed by atoms with Gasteiger partial charge in [-0.15, -0.1) is 0 Å². The smallest absolute Gasteiger partial charge is 0.420 e. The minimum Gasteiger partial charge on any atom is -0.443 e. The molecule has 0 aliphatic heterocycles. The zero-order chi connectivity index (χ0) is 24.1. The Morgan fingerprint density at radius 1 is 1.12 bits per heavy atom. The molecule has 0 bridgehead atoms. The highest BCUT2D eigenvalue weighted by Gasteiger charge is 2.32. The van der Waals surface area contributed by atoms with Crippen molar-refractivity contribution >= 4 is 23.4 Å². The largest absolute Gasteiger partial charge is 0.443 e. The molecule has 0 aromatic carbocycles. The Balaban J connectivity index is 0.00000114. The maximum absolute atomic E-state index is 13.1. The number of rotatable bonds is 3. The first kappa shape index (κ1) is 25.0. The number of halogens is 3. The molecule has 0 saturated carbocycles. The number of carbonyl (C=O) groups is 2. The van der Waals surface area contributed by atoms with E-state index in [0.717, 1.165) is 10.6 Å². The molecule has 32 heavy (non-hydrogen) atoms. The molecule has 0 spiro atoms. The number of alkyl halides is 3. The number of methoxy groups -OCH3 is 1. The second-order valence-corrected chi connectivity index (χ2v) is 7.87. The van der Waals surface area contributed by atoms with Crippen LogP contribution in [0.15, 0.2) is 36.7 Å². The van der Waals surface area contributed by atoms with E-state index in [9.17, 15) is 22.8 Å². The molecule has 0 N–H and O–H groups in total. The molecule has 3 aromatic heterocycles. The van der Waals surface area contributed by atoms with Gasteiger partial charge in [0.15, 0.2) is 0 Å². The van der Waals surface area contributed by atoms with E-state index in [1.165, 1.54) is 18.3 Å². The van der Waals surface area contributed by atoms with E-state index in [-0.39, 0.29) is 17.5 Å². The van der Waals surface area contributed by atoms with Crippen LogP contribution in [0.3, 0.4) is 0 Å². The van der Waals surface area contributed by atoms with Crippen molar-refractivity contribution in [3.63, 3.8) is 0 Å². The molecule has 0 fully saturated rings. The van der Waals surface area contributed by atoms with Gasteiger partial charge in [0, 0.05) is 55.4 Å². The van der Waals surface area contributed by atoms with E-state index in [1.807, 2.05) is 0 Å². The van der Waals surface area contributed by atoms with E-state index >= 15 is 0 Å². The summed E-state index contributed by atoms with van der Waals surface area (Å²) in [7, 11) is 3.25. The van der Waals surface area contributed by atoms with E-state index in [2.05, 4.69) is 14.7 Å². The summed E-state index contributed by atoms with van der Waals surface area (Å²) in [6, 6.07) is 5.44. The third-order valence-corrected chi connectivity index (χ3v) is 3.96. The van der Waals surface area contributed by atoms with E-state index < -0.39 is 23.4 Å². The second-order valence-electron chi connectivity index (χ2n) is 7.87. The summed E-state index contributed by atoms with van der Waals surface area (Å²) in [5.41, 5.74) is -0.470. The standard InChI is InChI=1S/C20H18F3N3O3.C2H6O/c1-19(2,3)29-18(28)26-16(9-15-6-12(11-27)4-5-24-15)8-13-7-14(20(21,22)23)10-25-17(13)26;1-3-2/h4-8,10-11H,9H2,1-3H3;1-2H3. The SMILES string of the molecule is CC(C)(C)OC(=O)n1c(Cc2cc(C=O)ccn2)cc2cc(C(F)(F)F)cnc21.COC. The van der Waals surface area contributed by atoms with Crippen molar-refractivity contribution in [2.24, 2.45) is 0 Å². The Labute approximate surface area is 183 Å². The lowest BCUT2D eigenvalue weighted by Crippen LogP contribution is -2.28. The fourth-order valence-electron chi connectivity index (χ4n) is 2.80. The van der Waals surface area contributed by atoms with Gasteiger partial charge in [-0.3, -0.25) is 9.78 Å². The molecule has 3 heterocycles. The van der Waals surface area contributed by atoms with Gasteiger partial charge in [-0.1, -0.05) is 0 Å². The molecule has 0 radical (unpaired) electrons. The molecule has 3 rings (SSSR count). The van der Waals surface area contributed by atoms with Crippen molar-refractivity contribution in [3.05, 3.63) is 59.2 Å². The molecular weight excluding hydrogens is 427 g/mol. The Morgan fingerprint density at radius 3 is 2.34 bits per heavy atom. The van der Waals surface area contributed by atoms with Gasteiger partial charge in [0.05, 0.1) is 5.56 Å². The van der Waals surface area contributed by atoms with Crippen molar-refractivity contribution in [2.45, 2.75) is 39.0 Å². The molecule has 7 nitrogen and oxygen atoms in total. The topological polar surface area (TPSA) is 83.3 Å². The van der Waals surface area contributed by atoms with Crippen LogP contribution in [0.1, 0.15) is 48.1 Å². The number of pyridine rings is 2. The third kappa shape index (κ3) is 6.36. The zero-order valence-corrected chi connectivity index (χ0v) is 18.4. The molecule has 0 atom stereocenters. The maximum atomic E-state index is 13.1. The Kier molecular flexibility index (Phi) is 7.73. The average molecular weight is 451 g/mol. The second kappa shape index (κ2) is 9.90. The first-order chi connectivity index (χ1) is 14.9. The Morgan fingerprint density at radius 2 is 1.78 bits per heavy atom. The lowest BCUT2D eigenvalue weighted by molar-refractivity contribution is -0.137. The number of fused-ring (bicyclic) bond motifs is 1. The van der Waals surface area contributed by atoms with Crippen LogP contribution >= 0.6 is 0 Å². The van der Waals surface area contributed by atoms with Crippen LogP contribution in [0.5, 0.6) is 0 Å². The van der Waals surface area contributed by atoms with E-state index in [1.54, 1.807) is 41.1 Å². The molecule has 0 aliphatic carbocycles. The highest BCUT2D eigenvalue weighted by atomic mass is 19.4. The van der Waals surface area contributed by atoms with Gasteiger partial charge < -0.3 is 9.47 Å². The number of hydrogen-bond donors (Lipinski definition) is 0. The quantitative estimate of drug-likeness (QED) is 0.527. The molecule has 172 valence electrons. The average Bonchev–Trinajstić information content (AvgIpc) is 3.03. The summed E-state index contributed by atoms with van der Waals surface area (Å²) >= 11 is 0. The van der Waals surface area contributed by atoms with Crippen LogP contribution < -0.4 is 0 Å². The zero-order valence-electron chi connectivity index (χ0n) is 18.4. The minimum absolute atomic E-state index is 0.0498. The van der Waals surface area contributed by atoms with Crippen LogP contribution in [-0.2, 0) is 22.1 Å². The van der Waals surface area contributed by atoms with Gasteiger partial charge in [0.2, 0.25) is 0 Å². The van der Waals surface area contributed by atoms with Crippen LogP contribution in [-0.4, -0.2) is 46.7 Å². The van der Waals surface area contributed by atoms with Crippen molar-refractivity contribution in [2.75, 3.05) is 14.2 Å². The minimum atomic E-state index is -4.56. The molecule has 0 unspecified atom stereocenters. The summed E-state index contributed by atoms with van der Waals surface area (Å²) in [6.45, 7) is 5.04. The molecule has 0 amide bonds. The van der Waals surface area contributed by atoms with Crippen LogP contribution in [0.4, 0.5) is 18.0 Å². The first-order valence-corrected chi connectivity index (χ1v) is 9.50. The normalized spacial score (nSPS) is 11.6. The number of ether oxygens (including phenoxy) is 2. The predicted octanol–water partition coefficient (Wildman–Crippen LogP) is 4.90. The summed E-state index contributed by atoms with van der Waals surface area (Å²) in [5.74, 6) is 0. The van der Waals surface area contributed by atoms with E-state index in [0.29, 0.717) is 29.4 Å². The molecular formula is C22H24F3N3O4. The monoisotopic (exact) mass is 451 g/mol. The molecule has 3 aromatic rings. The van der Waals surface area contributed by atoms with E-state index in [4.69, 9.17) is 4.74 Å². The van der Waals surface area contributed by atoms with Crippen molar-refractivity contribution in [1.82, 2.24) is 14.5 Å². The lowest BCUT2D eigenvalue weighted by Gasteiger charge is -2.20. The number of hydrogen-bond acceptors (Lipinski definition) is 6. The van der Waals surface area contributed by atoms with Gasteiger partial charge in [0.1, 0.15) is 17.5 Å². The highest BCUT2D eigenvalue weighted by molar-refractivity contribution is 5.89. The van der Waals surface area contributed by atoms with Crippen LogP contribution in [0.2, 0.25) is 0 Å². The number of carbonyl (C=O) groups excluding carboxylic acids is 2. The predicted molar refractivity (Wildman–Crippen MR) is 112 cm³/mol. The van der Waals surface area contributed by atoms with Gasteiger partial charge in [-0.05, 0) is 45.0 Å². The first-order valence-electron chi connectivity index (χ1n) is 9.50. The van der Waals surface area contributed by atoms with Gasteiger partial charge >= 0.3 is 12.3 Å². The molecule has 0 saturated heterocycles. The van der Waals surface area contributed by atoms with Gasteiger partial charge in [0.25, 0.3) is 0 Å². The van der Waals surface area contributed by atoms with Crippen molar-refractivity contribution in [1.29, 1.82) is 0 Å². The summed E-state index contributed by atoms with van der Waals surface area (Å²) in [5, 5.41) is 0.146. The summed E-state index contributed by atoms with van der Waals surface area (Å²) in [6.07, 6.45) is -2.45. The highest BCUT2D eigenvalue weighted by Crippen LogP contribution is 2.32. The summed E-state index contributed by atoms with van der Waals surface area (Å²) < 4.78 is 49.9. The third-order valence-electron chi connectivity index (χ3n) is 3.96. The maximum Gasteiger partial charge on any atom is 0.420 e.